The van der Waals surface area contributed by atoms with Crippen molar-refractivity contribution in [2.75, 3.05) is 4.90 Å². The zero-order chi connectivity index (χ0) is 15.3. The number of hydrogen-bond acceptors (Lipinski definition) is 5. The van der Waals surface area contributed by atoms with E-state index in [0.717, 1.165) is 17.1 Å². The fourth-order valence-electron chi connectivity index (χ4n) is 3.44. The van der Waals surface area contributed by atoms with E-state index in [9.17, 15) is 9.59 Å². The summed E-state index contributed by atoms with van der Waals surface area (Å²) in [5.41, 5.74) is 3.40. The first-order valence-electron chi connectivity index (χ1n) is 7.35. The number of Topliss-reactive ketones (excluding diaryl/α,β-unsaturated/α-hetero) is 2. The number of aliphatic imine (C=N–C) groups is 1. The molecule has 2 aliphatic carbocycles. The second-order valence-corrected chi connectivity index (χ2v) is 5.72. The van der Waals surface area contributed by atoms with E-state index in [1.807, 2.05) is 11.0 Å². The molecule has 0 bridgehead atoms. The first-order valence-corrected chi connectivity index (χ1v) is 7.35. The van der Waals surface area contributed by atoms with Gasteiger partial charge in [-0.15, -0.1) is 0 Å². The highest BCUT2D eigenvalue weighted by molar-refractivity contribution is 6.21. The molecule has 1 aliphatic heterocycles. The van der Waals surface area contributed by atoms with Crippen LogP contribution in [0.5, 0.6) is 0 Å². The summed E-state index contributed by atoms with van der Waals surface area (Å²) in [5, 5.41) is 9.10. The third kappa shape index (κ3) is 1.74. The summed E-state index contributed by atoms with van der Waals surface area (Å²) < 4.78 is 0. The van der Waals surface area contributed by atoms with Gasteiger partial charge in [0.25, 0.3) is 0 Å². The maximum absolute atomic E-state index is 12.3. The summed E-state index contributed by atoms with van der Waals surface area (Å²) in [6, 6.07) is 8.68. The Morgan fingerprint density at radius 2 is 2.05 bits per heavy atom. The molecule has 1 aromatic carbocycles. The van der Waals surface area contributed by atoms with Gasteiger partial charge >= 0.3 is 0 Å². The highest BCUT2D eigenvalue weighted by Crippen LogP contribution is 2.39. The second kappa shape index (κ2) is 4.63. The molecule has 5 heteroatoms. The lowest BCUT2D eigenvalue weighted by atomic mass is 10.0. The molecular formula is C17H13N3O2. The highest BCUT2D eigenvalue weighted by Gasteiger charge is 2.44. The highest BCUT2D eigenvalue weighted by atomic mass is 16.1. The largest absolute Gasteiger partial charge is 0.321 e. The number of nitriles is 1. The molecule has 1 saturated carbocycles. The Kier molecular flexibility index (Phi) is 2.73. The molecule has 0 spiro atoms. The van der Waals surface area contributed by atoms with E-state index in [4.69, 9.17) is 5.26 Å². The molecule has 0 amide bonds. The van der Waals surface area contributed by atoms with Crippen LogP contribution < -0.4 is 4.90 Å². The lowest BCUT2D eigenvalue weighted by Gasteiger charge is -2.34. The van der Waals surface area contributed by atoms with Gasteiger partial charge in [0.05, 0.1) is 17.3 Å². The minimum absolute atomic E-state index is 0.0276. The molecule has 4 rings (SSSR count). The molecule has 0 N–H and O–H groups in total. The van der Waals surface area contributed by atoms with Crippen molar-refractivity contribution in [1.82, 2.24) is 0 Å². The summed E-state index contributed by atoms with van der Waals surface area (Å²) in [7, 11) is 0. The van der Waals surface area contributed by atoms with Crippen LogP contribution in [0, 0.1) is 11.3 Å². The summed E-state index contributed by atoms with van der Waals surface area (Å²) >= 11 is 0. The Labute approximate surface area is 127 Å². The van der Waals surface area contributed by atoms with Gasteiger partial charge in [-0.2, -0.15) is 5.26 Å². The molecule has 5 nitrogen and oxygen atoms in total. The third-order valence-corrected chi connectivity index (χ3v) is 4.41. The van der Waals surface area contributed by atoms with Gasteiger partial charge in [-0.05, 0) is 31.0 Å². The van der Waals surface area contributed by atoms with E-state index in [-0.39, 0.29) is 11.6 Å². The lowest BCUT2D eigenvalue weighted by Crippen LogP contribution is -2.45. The van der Waals surface area contributed by atoms with Gasteiger partial charge in [-0.1, -0.05) is 6.07 Å². The molecule has 22 heavy (non-hydrogen) atoms. The van der Waals surface area contributed by atoms with Crippen LogP contribution in [0.1, 0.15) is 31.2 Å². The number of hydrogen-bond donors (Lipinski definition) is 0. The lowest BCUT2D eigenvalue weighted by molar-refractivity contribution is -0.118. The number of benzene rings is 1. The van der Waals surface area contributed by atoms with Crippen molar-refractivity contribution >= 4 is 23.0 Å². The van der Waals surface area contributed by atoms with Crippen molar-refractivity contribution in [3.8, 4) is 6.07 Å². The predicted octanol–water partition coefficient (Wildman–Crippen LogP) is 2.13. The smallest absolute Gasteiger partial charge is 0.181 e. The molecule has 0 aromatic heterocycles. The maximum Gasteiger partial charge on any atom is 0.181 e. The standard InChI is InChI=1S/C17H13N3O2/c18-9-10-2-1-3-11(8-10)20-16-12(4-6-14(16)21)19-13-5-7-15(22)17(13)20/h1-3,8,16H,4-7H2. The number of fused-ring (bicyclic) bond motifs is 1. The molecule has 1 fully saturated rings. The van der Waals surface area contributed by atoms with E-state index in [1.54, 1.807) is 18.2 Å². The zero-order valence-electron chi connectivity index (χ0n) is 11.9. The van der Waals surface area contributed by atoms with Crippen molar-refractivity contribution in [2.24, 2.45) is 4.99 Å². The molecule has 0 saturated heterocycles. The minimum atomic E-state index is -0.477. The second-order valence-electron chi connectivity index (χ2n) is 5.72. The topological polar surface area (TPSA) is 73.5 Å². The molecule has 1 unspecified atom stereocenters. The first kappa shape index (κ1) is 13.0. The van der Waals surface area contributed by atoms with E-state index < -0.39 is 6.04 Å². The van der Waals surface area contributed by atoms with Crippen LogP contribution in [0.3, 0.4) is 0 Å². The predicted molar refractivity (Wildman–Crippen MR) is 80.4 cm³/mol. The number of rotatable bonds is 1. The average molecular weight is 291 g/mol. The van der Waals surface area contributed by atoms with Crippen LogP contribution in [0.2, 0.25) is 0 Å². The first-order chi connectivity index (χ1) is 10.7. The van der Waals surface area contributed by atoms with E-state index in [2.05, 4.69) is 11.1 Å². The average Bonchev–Trinajstić information content (AvgIpc) is 3.10. The van der Waals surface area contributed by atoms with Crippen molar-refractivity contribution < 1.29 is 9.59 Å². The van der Waals surface area contributed by atoms with Gasteiger partial charge in [-0.25, -0.2) is 0 Å². The Balaban J connectivity index is 1.90. The third-order valence-electron chi connectivity index (χ3n) is 4.41. The summed E-state index contributed by atoms with van der Waals surface area (Å²) in [6.45, 7) is 0. The Morgan fingerprint density at radius 3 is 2.86 bits per heavy atom. The Morgan fingerprint density at radius 1 is 1.18 bits per heavy atom. The van der Waals surface area contributed by atoms with Gasteiger partial charge in [0.2, 0.25) is 0 Å². The van der Waals surface area contributed by atoms with Gasteiger partial charge in [0.1, 0.15) is 11.7 Å². The minimum Gasteiger partial charge on any atom is -0.321 e. The molecule has 1 heterocycles. The maximum atomic E-state index is 12.3. The monoisotopic (exact) mass is 291 g/mol. The zero-order valence-corrected chi connectivity index (χ0v) is 11.9. The summed E-state index contributed by atoms with van der Waals surface area (Å²) in [5.74, 6) is 0.118. The molecule has 1 aromatic rings. The molecule has 108 valence electrons. The van der Waals surface area contributed by atoms with E-state index in [1.165, 1.54) is 0 Å². The van der Waals surface area contributed by atoms with Crippen LogP contribution in [-0.4, -0.2) is 23.3 Å². The van der Waals surface area contributed by atoms with Crippen molar-refractivity contribution in [2.45, 2.75) is 31.7 Å². The summed E-state index contributed by atoms with van der Waals surface area (Å²) in [4.78, 5) is 31.0. The fraction of sp³-hybridized carbons (Fsp3) is 0.294. The van der Waals surface area contributed by atoms with Gasteiger partial charge in [0, 0.05) is 24.2 Å². The van der Waals surface area contributed by atoms with Crippen LogP contribution in [0.15, 0.2) is 40.7 Å². The fourth-order valence-corrected chi connectivity index (χ4v) is 3.44. The number of nitrogens with zero attached hydrogens (tertiary/aromatic N) is 3. The number of carbonyl (C=O) groups excluding carboxylic acids is 2. The number of carbonyl (C=O) groups is 2. The van der Waals surface area contributed by atoms with Gasteiger partial charge < -0.3 is 4.90 Å². The van der Waals surface area contributed by atoms with Crippen LogP contribution in [0.25, 0.3) is 0 Å². The molecule has 0 radical (unpaired) electrons. The molecule has 1 atom stereocenters. The van der Waals surface area contributed by atoms with Crippen LogP contribution in [-0.2, 0) is 9.59 Å². The molecule has 3 aliphatic rings. The number of anilines is 1. The van der Waals surface area contributed by atoms with Crippen LogP contribution >= 0.6 is 0 Å². The normalized spacial score (nSPS) is 23.3. The van der Waals surface area contributed by atoms with Crippen molar-refractivity contribution in [3.05, 3.63) is 41.2 Å². The van der Waals surface area contributed by atoms with Gasteiger partial charge in [0.15, 0.2) is 11.6 Å². The van der Waals surface area contributed by atoms with Crippen LogP contribution in [0.4, 0.5) is 5.69 Å². The number of ketones is 2. The quantitative estimate of drug-likeness (QED) is 0.794. The SMILES string of the molecule is N#Cc1cccc(N2C3=C(CCC3=O)N=C3CCC(=O)C32)c1. The van der Waals surface area contributed by atoms with Crippen molar-refractivity contribution in [1.29, 1.82) is 5.26 Å². The molecular weight excluding hydrogens is 278 g/mol. The van der Waals surface area contributed by atoms with E-state index in [0.29, 0.717) is 36.9 Å². The van der Waals surface area contributed by atoms with Crippen molar-refractivity contribution in [3.63, 3.8) is 0 Å². The Hall–Kier alpha value is -2.74. The summed E-state index contributed by atoms with van der Waals surface area (Å²) in [6.07, 6.45) is 2.19. The van der Waals surface area contributed by atoms with E-state index >= 15 is 0 Å². The Bertz CT molecular complexity index is 813. The van der Waals surface area contributed by atoms with Gasteiger partial charge in [-0.3, -0.25) is 14.6 Å². The number of allylic oxidation sites excluding steroid dienone is 2.